The minimum atomic E-state index is -0.474. The molecule has 1 aliphatic rings. The van der Waals surface area contributed by atoms with E-state index in [9.17, 15) is 4.79 Å². The number of benzene rings is 5. The van der Waals surface area contributed by atoms with Crippen LogP contribution in [0.3, 0.4) is 0 Å². The average Bonchev–Trinajstić information content (AvgIpc) is 3.03. The molecule has 0 saturated heterocycles. The molecule has 0 N–H and O–H groups in total. The maximum Gasteiger partial charge on any atom is 0.262 e. The first-order valence-electron chi connectivity index (χ1n) is 13.6. The molecule has 5 nitrogen and oxygen atoms in total. The van der Waals surface area contributed by atoms with Crippen molar-refractivity contribution in [1.82, 2.24) is 0 Å². The fourth-order valence-electron chi connectivity index (χ4n) is 5.34. The van der Waals surface area contributed by atoms with Crippen LogP contribution in [-0.2, 0) is 13.2 Å². The molecule has 7 heteroatoms. The van der Waals surface area contributed by atoms with Gasteiger partial charge in [0.25, 0.3) is 5.91 Å². The lowest BCUT2D eigenvalue weighted by atomic mass is 9.98. The second-order valence-corrected chi connectivity index (χ2v) is 11.2. The fraction of sp³-hybridized carbons (Fsp3) is 0.114. The fourth-order valence-corrected chi connectivity index (χ4v) is 6.10. The third-order valence-corrected chi connectivity index (χ3v) is 8.27. The van der Waals surface area contributed by atoms with Crippen molar-refractivity contribution in [2.24, 2.45) is 0 Å². The van der Waals surface area contributed by atoms with Gasteiger partial charge in [0.1, 0.15) is 12.8 Å². The maximum absolute atomic E-state index is 14.2. The quantitative estimate of drug-likeness (QED) is 0.170. The summed E-state index contributed by atoms with van der Waals surface area (Å²) in [7, 11) is 1.62. The molecule has 5 aromatic rings. The second-order valence-electron chi connectivity index (χ2n) is 9.93. The topological polar surface area (TPSA) is 42.0 Å². The molecular formula is C35H28BrClN2O3. The van der Waals surface area contributed by atoms with Gasteiger partial charge in [0, 0.05) is 28.4 Å². The van der Waals surface area contributed by atoms with Crippen LogP contribution in [0.1, 0.15) is 33.2 Å². The minimum Gasteiger partial charge on any atom is -0.493 e. The van der Waals surface area contributed by atoms with Crippen molar-refractivity contribution >= 4 is 44.8 Å². The van der Waals surface area contributed by atoms with Gasteiger partial charge in [-0.15, -0.1) is 0 Å². The van der Waals surface area contributed by atoms with E-state index in [4.69, 9.17) is 21.1 Å². The monoisotopic (exact) mass is 638 g/mol. The molecule has 1 heterocycles. The minimum absolute atomic E-state index is 0.0692. The molecule has 1 amide bonds. The van der Waals surface area contributed by atoms with Gasteiger partial charge in [-0.05, 0) is 64.0 Å². The van der Waals surface area contributed by atoms with Gasteiger partial charge in [-0.1, -0.05) is 90.5 Å². The Hall–Kier alpha value is -4.26. The molecule has 6 rings (SSSR count). The number of carbonyl (C=O) groups excluding carboxylic acids is 1. The van der Waals surface area contributed by atoms with Gasteiger partial charge in [-0.25, -0.2) is 0 Å². The van der Waals surface area contributed by atoms with E-state index in [1.165, 1.54) is 0 Å². The third kappa shape index (κ3) is 5.48. The summed E-state index contributed by atoms with van der Waals surface area (Å²) in [6.07, 6.45) is -0.474. The van der Waals surface area contributed by atoms with Gasteiger partial charge in [0.2, 0.25) is 0 Å². The summed E-state index contributed by atoms with van der Waals surface area (Å²) in [5, 5.41) is 0.638. The van der Waals surface area contributed by atoms with Crippen molar-refractivity contribution in [1.29, 1.82) is 0 Å². The summed E-state index contributed by atoms with van der Waals surface area (Å²) in [5.41, 5.74) is 5.19. The molecule has 0 fully saturated rings. The Morgan fingerprint density at radius 2 is 1.50 bits per heavy atom. The molecule has 0 aromatic heterocycles. The zero-order valence-corrected chi connectivity index (χ0v) is 25.3. The largest absolute Gasteiger partial charge is 0.493 e. The Bertz CT molecular complexity index is 1710. The molecule has 0 radical (unpaired) electrons. The van der Waals surface area contributed by atoms with E-state index < -0.39 is 6.17 Å². The first kappa shape index (κ1) is 27.9. The smallest absolute Gasteiger partial charge is 0.262 e. The number of ether oxygens (including phenoxy) is 2. The number of hydrogen-bond donors (Lipinski definition) is 0. The van der Waals surface area contributed by atoms with Crippen molar-refractivity contribution in [3.63, 3.8) is 0 Å². The Balaban J connectivity index is 1.48. The Morgan fingerprint density at radius 3 is 2.24 bits per heavy atom. The van der Waals surface area contributed by atoms with Crippen molar-refractivity contribution in [2.45, 2.75) is 19.3 Å². The summed E-state index contributed by atoms with van der Waals surface area (Å²) >= 11 is 10.1. The zero-order chi connectivity index (χ0) is 29.1. The molecule has 0 spiro atoms. The van der Waals surface area contributed by atoms with Crippen molar-refractivity contribution in [2.75, 3.05) is 16.9 Å². The molecule has 210 valence electrons. The van der Waals surface area contributed by atoms with Gasteiger partial charge >= 0.3 is 0 Å². The molecule has 0 bridgehead atoms. The molecule has 42 heavy (non-hydrogen) atoms. The van der Waals surface area contributed by atoms with Crippen LogP contribution in [0.25, 0.3) is 0 Å². The van der Waals surface area contributed by atoms with Gasteiger partial charge < -0.3 is 14.4 Å². The highest BCUT2D eigenvalue weighted by molar-refractivity contribution is 9.10. The molecule has 1 atom stereocenters. The zero-order valence-electron chi connectivity index (χ0n) is 22.9. The number of methoxy groups -OCH3 is 1. The highest BCUT2D eigenvalue weighted by Crippen LogP contribution is 2.46. The first-order chi connectivity index (χ1) is 20.5. The van der Waals surface area contributed by atoms with E-state index in [1.807, 2.05) is 114 Å². The van der Waals surface area contributed by atoms with E-state index in [0.717, 1.165) is 28.1 Å². The third-order valence-electron chi connectivity index (χ3n) is 7.31. The van der Waals surface area contributed by atoms with Crippen molar-refractivity contribution in [3.05, 3.63) is 153 Å². The molecular weight excluding hydrogens is 612 g/mol. The van der Waals surface area contributed by atoms with E-state index in [-0.39, 0.29) is 12.5 Å². The lowest BCUT2D eigenvalue weighted by Crippen LogP contribution is -2.49. The lowest BCUT2D eigenvalue weighted by molar-refractivity contribution is 0.0968. The second kappa shape index (κ2) is 12.3. The van der Waals surface area contributed by atoms with Gasteiger partial charge in [0.15, 0.2) is 11.5 Å². The number of carbonyl (C=O) groups is 1. The van der Waals surface area contributed by atoms with E-state index >= 15 is 0 Å². The van der Waals surface area contributed by atoms with Crippen LogP contribution in [0.15, 0.2) is 126 Å². The highest BCUT2D eigenvalue weighted by Gasteiger charge is 2.40. The summed E-state index contributed by atoms with van der Waals surface area (Å²) in [6, 6.07) is 39.4. The molecule has 0 saturated carbocycles. The summed E-state index contributed by atoms with van der Waals surface area (Å²) in [6.45, 7) is 0.864. The van der Waals surface area contributed by atoms with E-state index in [1.54, 1.807) is 7.11 Å². The molecule has 0 unspecified atom stereocenters. The van der Waals surface area contributed by atoms with Crippen molar-refractivity contribution in [3.8, 4) is 11.5 Å². The van der Waals surface area contributed by atoms with Crippen LogP contribution in [0.2, 0.25) is 5.02 Å². The number of fused-ring (bicyclic) bond motifs is 1. The van der Waals surface area contributed by atoms with Crippen LogP contribution < -0.4 is 19.3 Å². The number of nitrogens with zero attached hydrogens (tertiary/aromatic N) is 2. The number of hydrogen-bond acceptors (Lipinski definition) is 4. The predicted molar refractivity (Wildman–Crippen MR) is 172 cm³/mol. The van der Waals surface area contributed by atoms with E-state index in [2.05, 4.69) is 33.0 Å². The Kier molecular flexibility index (Phi) is 8.17. The average molecular weight is 640 g/mol. The standard InChI is InChI=1S/C35H28BrClN2O3/c1-41-32-21-26(20-29(36)33(32)42-23-25-14-8-10-18-30(25)37)34-38(22-24-12-4-2-5-13-24)31-19-11-9-17-28(31)35(40)39(34)27-15-6-3-7-16-27/h2-21,34H,22-23H2,1H3/t34-/m1/s1. The van der Waals surface area contributed by atoms with Crippen molar-refractivity contribution < 1.29 is 14.3 Å². The van der Waals surface area contributed by atoms with Gasteiger partial charge in [-0.2, -0.15) is 0 Å². The van der Waals surface area contributed by atoms with Crippen LogP contribution in [-0.4, -0.2) is 13.0 Å². The SMILES string of the molecule is COc1cc([C@@H]2N(Cc3ccccc3)c3ccccc3C(=O)N2c2ccccc2)cc(Br)c1OCc1ccccc1Cl. The maximum atomic E-state index is 14.2. The van der Waals surface area contributed by atoms with Gasteiger partial charge in [0.05, 0.1) is 22.8 Å². The summed E-state index contributed by atoms with van der Waals surface area (Å²) in [5.74, 6) is 1.04. The number of amides is 1. The van der Waals surface area contributed by atoms with Crippen LogP contribution in [0.4, 0.5) is 11.4 Å². The number of para-hydroxylation sites is 2. The number of rotatable bonds is 8. The number of halogens is 2. The van der Waals surface area contributed by atoms with Crippen LogP contribution in [0, 0.1) is 0 Å². The first-order valence-corrected chi connectivity index (χ1v) is 14.7. The summed E-state index contributed by atoms with van der Waals surface area (Å²) in [4.78, 5) is 18.3. The van der Waals surface area contributed by atoms with Crippen LogP contribution >= 0.6 is 27.5 Å². The normalized spacial score (nSPS) is 14.5. The lowest BCUT2D eigenvalue weighted by Gasteiger charge is -2.46. The Morgan fingerprint density at radius 1 is 0.833 bits per heavy atom. The molecule has 5 aromatic carbocycles. The summed E-state index contributed by atoms with van der Waals surface area (Å²) < 4.78 is 12.8. The molecule has 1 aliphatic heterocycles. The highest BCUT2D eigenvalue weighted by atomic mass is 79.9. The predicted octanol–water partition coefficient (Wildman–Crippen LogP) is 9.06. The number of anilines is 2. The molecule has 0 aliphatic carbocycles. The van der Waals surface area contributed by atoms with E-state index in [0.29, 0.717) is 33.1 Å². The van der Waals surface area contributed by atoms with Crippen LogP contribution in [0.5, 0.6) is 11.5 Å². The Labute approximate surface area is 259 Å². The van der Waals surface area contributed by atoms with Gasteiger partial charge in [-0.3, -0.25) is 9.69 Å².